The predicted octanol–water partition coefficient (Wildman–Crippen LogP) is 3.64. The first-order chi connectivity index (χ1) is 10.2. The fraction of sp³-hybridized carbons (Fsp3) is 0.412. The first-order valence-electron chi connectivity index (χ1n) is 7.36. The summed E-state index contributed by atoms with van der Waals surface area (Å²) in [6.45, 7) is 2.71. The SMILES string of the molecule is COCCc1ccc(Oc2cc(C)nc(C3CC3)n2)cc1. The van der Waals surface area contributed by atoms with Crippen LogP contribution in [0.15, 0.2) is 30.3 Å². The van der Waals surface area contributed by atoms with E-state index < -0.39 is 0 Å². The van der Waals surface area contributed by atoms with E-state index in [4.69, 9.17) is 9.47 Å². The molecule has 110 valence electrons. The smallest absolute Gasteiger partial charge is 0.222 e. The second kappa shape index (κ2) is 6.22. The van der Waals surface area contributed by atoms with Gasteiger partial charge in [0.05, 0.1) is 6.61 Å². The van der Waals surface area contributed by atoms with Crippen LogP contribution < -0.4 is 4.74 Å². The van der Waals surface area contributed by atoms with Crippen molar-refractivity contribution in [3.63, 3.8) is 0 Å². The Morgan fingerprint density at radius 3 is 2.57 bits per heavy atom. The summed E-state index contributed by atoms with van der Waals surface area (Å²) in [5.41, 5.74) is 2.19. The van der Waals surface area contributed by atoms with Crippen LogP contribution in [0.2, 0.25) is 0 Å². The fourth-order valence-corrected chi connectivity index (χ4v) is 2.20. The lowest BCUT2D eigenvalue weighted by Gasteiger charge is -2.08. The Morgan fingerprint density at radius 1 is 1.14 bits per heavy atom. The number of nitrogens with zero attached hydrogens (tertiary/aromatic N) is 2. The van der Waals surface area contributed by atoms with Crippen molar-refractivity contribution in [1.29, 1.82) is 0 Å². The summed E-state index contributed by atoms with van der Waals surface area (Å²) in [6, 6.07) is 9.94. The van der Waals surface area contributed by atoms with E-state index in [9.17, 15) is 0 Å². The minimum absolute atomic E-state index is 0.531. The zero-order chi connectivity index (χ0) is 14.7. The molecule has 1 aromatic heterocycles. The van der Waals surface area contributed by atoms with Crippen LogP contribution in [-0.2, 0) is 11.2 Å². The zero-order valence-electron chi connectivity index (χ0n) is 12.5. The van der Waals surface area contributed by atoms with Crippen molar-refractivity contribution in [1.82, 2.24) is 9.97 Å². The third-order valence-electron chi connectivity index (χ3n) is 3.53. The fourth-order valence-electron chi connectivity index (χ4n) is 2.20. The molecule has 2 aromatic rings. The largest absolute Gasteiger partial charge is 0.439 e. The second-order valence-corrected chi connectivity index (χ2v) is 5.47. The Bertz CT molecular complexity index is 607. The summed E-state index contributed by atoms with van der Waals surface area (Å²) in [4.78, 5) is 8.99. The van der Waals surface area contributed by atoms with Gasteiger partial charge in [-0.15, -0.1) is 0 Å². The normalized spacial score (nSPS) is 14.2. The summed E-state index contributed by atoms with van der Waals surface area (Å²) in [5, 5.41) is 0. The Kier molecular flexibility index (Phi) is 4.15. The first-order valence-corrected chi connectivity index (χ1v) is 7.36. The number of aromatic nitrogens is 2. The van der Waals surface area contributed by atoms with Gasteiger partial charge in [0.1, 0.15) is 11.6 Å². The van der Waals surface area contributed by atoms with Crippen molar-refractivity contribution in [3.05, 3.63) is 47.4 Å². The summed E-state index contributed by atoms with van der Waals surface area (Å²) < 4.78 is 10.9. The molecule has 3 rings (SSSR count). The van der Waals surface area contributed by atoms with Crippen LogP contribution in [0, 0.1) is 6.92 Å². The number of rotatable bonds is 6. The van der Waals surface area contributed by atoms with Gasteiger partial charge in [-0.05, 0) is 43.9 Å². The summed E-state index contributed by atoms with van der Waals surface area (Å²) in [7, 11) is 1.71. The minimum atomic E-state index is 0.531. The van der Waals surface area contributed by atoms with Gasteiger partial charge in [-0.3, -0.25) is 0 Å². The molecule has 1 aliphatic carbocycles. The average molecular weight is 284 g/mol. The third-order valence-corrected chi connectivity index (χ3v) is 3.53. The van der Waals surface area contributed by atoms with Crippen LogP contribution in [0.1, 0.15) is 35.8 Å². The minimum Gasteiger partial charge on any atom is -0.439 e. The van der Waals surface area contributed by atoms with Crippen molar-refractivity contribution in [2.75, 3.05) is 13.7 Å². The molecule has 0 amide bonds. The molecule has 1 fully saturated rings. The average Bonchev–Trinajstić information content (AvgIpc) is 3.30. The second-order valence-electron chi connectivity index (χ2n) is 5.47. The van der Waals surface area contributed by atoms with Crippen molar-refractivity contribution in [2.24, 2.45) is 0 Å². The molecule has 0 unspecified atom stereocenters. The highest BCUT2D eigenvalue weighted by Crippen LogP contribution is 2.38. The van der Waals surface area contributed by atoms with E-state index in [1.54, 1.807) is 7.11 Å². The van der Waals surface area contributed by atoms with E-state index in [-0.39, 0.29) is 0 Å². The Hall–Kier alpha value is -1.94. The van der Waals surface area contributed by atoms with Crippen LogP contribution in [-0.4, -0.2) is 23.7 Å². The molecule has 1 aliphatic rings. The molecule has 0 aliphatic heterocycles. The first kappa shape index (κ1) is 14.0. The van der Waals surface area contributed by atoms with E-state index in [1.165, 1.54) is 18.4 Å². The molecule has 1 aromatic carbocycles. The quantitative estimate of drug-likeness (QED) is 0.812. The summed E-state index contributed by atoms with van der Waals surface area (Å²) in [5.74, 6) is 2.88. The molecule has 1 saturated carbocycles. The van der Waals surface area contributed by atoms with Gasteiger partial charge in [0.15, 0.2) is 0 Å². The van der Waals surface area contributed by atoms with Crippen LogP contribution in [0.3, 0.4) is 0 Å². The van der Waals surface area contributed by atoms with E-state index in [2.05, 4.69) is 22.1 Å². The van der Waals surface area contributed by atoms with E-state index in [1.807, 2.05) is 25.1 Å². The Morgan fingerprint density at radius 2 is 1.90 bits per heavy atom. The molecule has 0 N–H and O–H groups in total. The number of ether oxygens (including phenoxy) is 2. The van der Waals surface area contributed by atoms with Crippen LogP contribution >= 0.6 is 0 Å². The number of aryl methyl sites for hydroxylation is 1. The lowest BCUT2D eigenvalue weighted by Crippen LogP contribution is -1.98. The van der Waals surface area contributed by atoms with E-state index in [0.29, 0.717) is 11.8 Å². The molecule has 0 spiro atoms. The standard InChI is InChI=1S/C17H20N2O2/c1-12-11-16(19-17(18-12)14-5-6-14)21-15-7-3-13(4-8-15)9-10-20-2/h3-4,7-8,11,14H,5-6,9-10H2,1-2H3. The molecule has 4 heteroatoms. The Balaban J connectivity index is 1.70. The maximum Gasteiger partial charge on any atom is 0.222 e. The van der Waals surface area contributed by atoms with Gasteiger partial charge in [0.2, 0.25) is 5.88 Å². The summed E-state index contributed by atoms with van der Waals surface area (Å²) in [6.07, 6.45) is 3.30. The zero-order valence-corrected chi connectivity index (χ0v) is 12.5. The van der Waals surface area contributed by atoms with Gasteiger partial charge in [-0.2, -0.15) is 4.98 Å². The maximum absolute atomic E-state index is 5.85. The van der Waals surface area contributed by atoms with Crippen molar-refractivity contribution < 1.29 is 9.47 Å². The maximum atomic E-state index is 5.85. The molecule has 0 radical (unpaired) electrons. The Labute approximate surface area is 125 Å². The van der Waals surface area contributed by atoms with Gasteiger partial charge >= 0.3 is 0 Å². The van der Waals surface area contributed by atoms with Crippen molar-refractivity contribution in [3.8, 4) is 11.6 Å². The lowest BCUT2D eigenvalue weighted by molar-refractivity contribution is 0.202. The lowest BCUT2D eigenvalue weighted by atomic mass is 10.1. The molecule has 1 heterocycles. The molecule has 0 saturated heterocycles. The van der Waals surface area contributed by atoms with E-state index >= 15 is 0 Å². The monoisotopic (exact) mass is 284 g/mol. The molecule has 4 nitrogen and oxygen atoms in total. The van der Waals surface area contributed by atoms with Crippen LogP contribution in [0.25, 0.3) is 0 Å². The number of hydrogen-bond acceptors (Lipinski definition) is 4. The third kappa shape index (κ3) is 3.79. The number of hydrogen-bond donors (Lipinski definition) is 0. The van der Waals surface area contributed by atoms with Crippen LogP contribution in [0.4, 0.5) is 0 Å². The van der Waals surface area contributed by atoms with Gasteiger partial charge < -0.3 is 9.47 Å². The molecular weight excluding hydrogens is 264 g/mol. The van der Waals surface area contributed by atoms with Gasteiger partial charge in [0, 0.05) is 24.8 Å². The molecular formula is C17H20N2O2. The summed E-state index contributed by atoms with van der Waals surface area (Å²) >= 11 is 0. The molecule has 0 atom stereocenters. The van der Waals surface area contributed by atoms with Gasteiger partial charge in [-0.1, -0.05) is 12.1 Å². The topological polar surface area (TPSA) is 44.2 Å². The molecule has 0 bridgehead atoms. The highest BCUT2D eigenvalue weighted by molar-refractivity contribution is 5.31. The van der Waals surface area contributed by atoms with Gasteiger partial charge in [-0.25, -0.2) is 4.98 Å². The van der Waals surface area contributed by atoms with Gasteiger partial charge in [0.25, 0.3) is 0 Å². The number of benzene rings is 1. The highest BCUT2D eigenvalue weighted by Gasteiger charge is 2.27. The van der Waals surface area contributed by atoms with Crippen molar-refractivity contribution >= 4 is 0 Å². The predicted molar refractivity (Wildman–Crippen MR) is 80.8 cm³/mol. The van der Waals surface area contributed by atoms with Crippen molar-refractivity contribution in [2.45, 2.75) is 32.1 Å². The van der Waals surface area contributed by atoms with E-state index in [0.717, 1.165) is 30.3 Å². The highest BCUT2D eigenvalue weighted by atomic mass is 16.5. The van der Waals surface area contributed by atoms with Crippen LogP contribution in [0.5, 0.6) is 11.6 Å². The number of methoxy groups -OCH3 is 1. The molecule has 21 heavy (non-hydrogen) atoms.